The van der Waals surface area contributed by atoms with Crippen LogP contribution in [0.4, 0.5) is 10.1 Å². The van der Waals surface area contributed by atoms with Gasteiger partial charge >= 0.3 is 0 Å². The minimum atomic E-state index is -0.308. The van der Waals surface area contributed by atoms with Gasteiger partial charge in [-0.15, -0.1) is 0 Å². The average Bonchev–Trinajstić information content (AvgIpc) is 3.38. The molecule has 1 aliphatic heterocycles. The minimum absolute atomic E-state index is 0.0286. The Labute approximate surface area is 140 Å². The van der Waals surface area contributed by atoms with Crippen molar-refractivity contribution in [3.8, 4) is 0 Å². The SMILES string of the molecule is O=C(CCN1C(=O)CCc2cc(F)ccc21)NC(CCO)C1CC1. The van der Waals surface area contributed by atoms with E-state index in [1.807, 2.05) is 0 Å². The van der Waals surface area contributed by atoms with Gasteiger partial charge in [0.05, 0.1) is 0 Å². The van der Waals surface area contributed by atoms with Crippen LogP contribution in [0.3, 0.4) is 0 Å². The molecule has 0 saturated heterocycles. The summed E-state index contributed by atoms with van der Waals surface area (Å²) in [5.41, 5.74) is 1.51. The molecule has 0 bridgehead atoms. The lowest BCUT2D eigenvalue weighted by atomic mass is 10.0. The number of aliphatic hydroxyl groups is 1. The van der Waals surface area contributed by atoms with Crippen molar-refractivity contribution in [2.45, 2.75) is 44.6 Å². The van der Waals surface area contributed by atoms with Crippen LogP contribution in [0.1, 0.15) is 37.7 Å². The first-order valence-electron chi connectivity index (χ1n) is 8.57. The molecule has 1 saturated carbocycles. The first-order valence-corrected chi connectivity index (χ1v) is 8.57. The van der Waals surface area contributed by atoms with Crippen molar-refractivity contribution in [1.29, 1.82) is 0 Å². The first kappa shape index (κ1) is 16.9. The second kappa shape index (κ2) is 7.30. The zero-order chi connectivity index (χ0) is 17.1. The molecular weight excluding hydrogens is 311 g/mol. The highest BCUT2D eigenvalue weighted by Gasteiger charge is 2.32. The molecule has 24 heavy (non-hydrogen) atoms. The number of aliphatic hydroxyl groups excluding tert-OH is 1. The fourth-order valence-electron chi connectivity index (χ4n) is 3.33. The molecule has 5 nitrogen and oxygen atoms in total. The van der Waals surface area contributed by atoms with Gasteiger partial charge in [-0.25, -0.2) is 4.39 Å². The Bertz CT molecular complexity index is 631. The van der Waals surface area contributed by atoms with Gasteiger partial charge in [-0.1, -0.05) is 0 Å². The minimum Gasteiger partial charge on any atom is -0.396 e. The summed E-state index contributed by atoms with van der Waals surface area (Å²) < 4.78 is 13.3. The van der Waals surface area contributed by atoms with Crippen molar-refractivity contribution in [3.05, 3.63) is 29.6 Å². The highest BCUT2D eigenvalue weighted by Crippen LogP contribution is 2.34. The summed E-state index contributed by atoms with van der Waals surface area (Å²) in [6.07, 6.45) is 3.84. The first-order chi connectivity index (χ1) is 11.6. The third-order valence-corrected chi connectivity index (χ3v) is 4.78. The van der Waals surface area contributed by atoms with Gasteiger partial charge in [-0.05, 0) is 55.4 Å². The number of nitrogens with zero attached hydrogens (tertiary/aromatic N) is 1. The lowest BCUT2D eigenvalue weighted by molar-refractivity contribution is -0.122. The molecule has 1 atom stereocenters. The fraction of sp³-hybridized carbons (Fsp3) is 0.556. The molecule has 0 spiro atoms. The number of fused-ring (bicyclic) bond motifs is 1. The van der Waals surface area contributed by atoms with E-state index in [1.54, 1.807) is 11.0 Å². The molecule has 0 radical (unpaired) electrons. The lowest BCUT2D eigenvalue weighted by Crippen LogP contribution is -2.41. The maximum atomic E-state index is 13.3. The Hall–Kier alpha value is -1.95. The Kier molecular flexibility index (Phi) is 5.14. The largest absolute Gasteiger partial charge is 0.396 e. The third-order valence-electron chi connectivity index (χ3n) is 4.78. The Morgan fingerprint density at radius 2 is 2.17 bits per heavy atom. The second-order valence-corrected chi connectivity index (χ2v) is 6.59. The van der Waals surface area contributed by atoms with E-state index in [0.29, 0.717) is 37.4 Å². The molecule has 1 aromatic carbocycles. The topological polar surface area (TPSA) is 69.6 Å². The van der Waals surface area contributed by atoms with Gasteiger partial charge in [0.25, 0.3) is 0 Å². The van der Waals surface area contributed by atoms with E-state index in [9.17, 15) is 14.0 Å². The Morgan fingerprint density at radius 3 is 2.88 bits per heavy atom. The van der Waals surface area contributed by atoms with E-state index in [1.165, 1.54) is 12.1 Å². The normalized spacial score (nSPS) is 18.2. The van der Waals surface area contributed by atoms with Crippen LogP contribution in [-0.4, -0.2) is 36.1 Å². The smallest absolute Gasteiger partial charge is 0.227 e. The van der Waals surface area contributed by atoms with E-state index in [4.69, 9.17) is 5.11 Å². The molecule has 2 N–H and O–H groups in total. The Morgan fingerprint density at radius 1 is 1.38 bits per heavy atom. The molecule has 3 rings (SSSR count). The predicted molar refractivity (Wildman–Crippen MR) is 88.0 cm³/mol. The number of benzene rings is 1. The molecule has 1 fully saturated rings. The summed E-state index contributed by atoms with van der Waals surface area (Å²) in [4.78, 5) is 25.9. The number of halogens is 1. The summed E-state index contributed by atoms with van der Waals surface area (Å²) in [5.74, 6) is 0.0249. The summed E-state index contributed by atoms with van der Waals surface area (Å²) in [5, 5.41) is 12.1. The van der Waals surface area contributed by atoms with Crippen molar-refractivity contribution in [2.75, 3.05) is 18.1 Å². The van der Waals surface area contributed by atoms with Crippen LogP contribution in [0.5, 0.6) is 0 Å². The average molecular weight is 334 g/mol. The van der Waals surface area contributed by atoms with Crippen LogP contribution in [0, 0.1) is 11.7 Å². The highest BCUT2D eigenvalue weighted by molar-refractivity contribution is 5.97. The summed E-state index contributed by atoms with van der Waals surface area (Å²) in [7, 11) is 0. The highest BCUT2D eigenvalue weighted by atomic mass is 19.1. The maximum absolute atomic E-state index is 13.3. The second-order valence-electron chi connectivity index (χ2n) is 6.59. The van der Waals surface area contributed by atoms with E-state index in [2.05, 4.69) is 5.32 Å². The monoisotopic (exact) mass is 334 g/mol. The molecule has 1 aliphatic carbocycles. The van der Waals surface area contributed by atoms with Crippen LogP contribution in [0.15, 0.2) is 18.2 Å². The van der Waals surface area contributed by atoms with Crippen LogP contribution in [0.2, 0.25) is 0 Å². The van der Waals surface area contributed by atoms with E-state index >= 15 is 0 Å². The van der Waals surface area contributed by atoms with Gasteiger partial charge in [0, 0.05) is 37.7 Å². The van der Waals surface area contributed by atoms with E-state index < -0.39 is 0 Å². The number of amides is 2. The third kappa shape index (κ3) is 3.93. The summed E-state index contributed by atoms with van der Waals surface area (Å²) >= 11 is 0. The predicted octanol–water partition coefficient (Wildman–Crippen LogP) is 1.77. The molecule has 6 heteroatoms. The number of anilines is 1. The molecule has 2 amide bonds. The Balaban J connectivity index is 1.59. The van der Waals surface area contributed by atoms with Crippen LogP contribution >= 0.6 is 0 Å². The van der Waals surface area contributed by atoms with Gasteiger partial charge in [-0.3, -0.25) is 9.59 Å². The molecular formula is C18H23FN2O3. The van der Waals surface area contributed by atoms with Crippen molar-refractivity contribution < 1.29 is 19.1 Å². The van der Waals surface area contributed by atoms with E-state index in [0.717, 1.165) is 18.4 Å². The number of carbonyl (C=O) groups excluding carboxylic acids is 2. The van der Waals surface area contributed by atoms with Crippen molar-refractivity contribution in [1.82, 2.24) is 5.32 Å². The number of carbonyl (C=O) groups is 2. The molecule has 1 unspecified atom stereocenters. The van der Waals surface area contributed by atoms with Gasteiger partial charge < -0.3 is 15.3 Å². The van der Waals surface area contributed by atoms with Crippen LogP contribution < -0.4 is 10.2 Å². The number of aryl methyl sites for hydroxylation is 1. The quantitative estimate of drug-likeness (QED) is 0.798. The number of rotatable bonds is 7. The molecule has 130 valence electrons. The standard InChI is InChI=1S/C18H23FN2O3/c19-14-4-5-16-13(11-14)3-6-18(24)21(16)9-7-17(23)20-15(8-10-22)12-1-2-12/h4-5,11-12,15,22H,1-3,6-10H2,(H,20,23). The number of nitrogens with one attached hydrogen (secondary N) is 1. The molecule has 1 aromatic rings. The van der Waals surface area contributed by atoms with E-state index in [-0.39, 0.29) is 36.7 Å². The van der Waals surface area contributed by atoms with Gasteiger partial charge in [0.15, 0.2) is 0 Å². The van der Waals surface area contributed by atoms with Crippen molar-refractivity contribution >= 4 is 17.5 Å². The fourth-order valence-corrected chi connectivity index (χ4v) is 3.33. The summed E-state index contributed by atoms with van der Waals surface area (Å²) in [6.45, 7) is 0.352. The van der Waals surface area contributed by atoms with Crippen molar-refractivity contribution in [3.63, 3.8) is 0 Å². The number of hydrogen-bond acceptors (Lipinski definition) is 3. The van der Waals surface area contributed by atoms with Crippen molar-refractivity contribution in [2.24, 2.45) is 5.92 Å². The number of hydrogen-bond donors (Lipinski definition) is 2. The molecule has 0 aromatic heterocycles. The molecule has 1 heterocycles. The van der Waals surface area contributed by atoms with Gasteiger partial charge in [-0.2, -0.15) is 0 Å². The molecule has 2 aliphatic rings. The summed E-state index contributed by atoms with van der Waals surface area (Å²) in [6, 6.07) is 4.44. The van der Waals surface area contributed by atoms with Crippen LogP contribution in [0.25, 0.3) is 0 Å². The van der Waals surface area contributed by atoms with Crippen LogP contribution in [-0.2, 0) is 16.0 Å². The van der Waals surface area contributed by atoms with Gasteiger partial charge in [0.1, 0.15) is 5.82 Å². The zero-order valence-corrected chi connectivity index (χ0v) is 13.6. The zero-order valence-electron chi connectivity index (χ0n) is 13.6. The maximum Gasteiger partial charge on any atom is 0.227 e. The lowest BCUT2D eigenvalue weighted by Gasteiger charge is -2.29. The van der Waals surface area contributed by atoms with Gasteiger partial charge in [0.2, 0.25) is 11.8 Å².